The van der Waals surface area contributed by atoms with Gasteiger partial charge in [-0.2, -0.15) is 0 Å². The Hall–Kier alpha value is -1.42. The molecule has 2 aromatic rings. The van der Waals surface area contributed by atoms with Gasteiger partial charge in [-0.15, -0.1) is 35.3 Å². The van der Waals surface area contributed by atoms with E-state index < -0.39 is 0 Å². The molecule has 156 valence electrons. The highest BCUT2D eigenvalue weighted by Crippen LogP contribution is 2.18. The van der Waals surface area contributed by atoms with Gasteiger partial charge in [0.1, 0.15) is 5.01 Å². The number of rotatable bonds is 10. The van der Waals surface area contributed by atoms with Crippen molar-refractivity contribution in [2.45, 2.75) is 59.5 Å². The monoisotopic (exact) mass is 517 g/mol. The molecule has 0 fully saturated rings. The fraction of sp³-hybridized carbons (Fsp3) is 0.550. The minimum absolute atomic E-state index is 0. The SMILES string of the molecule is CCCCOc1ncccc1CN=C(NCC)NCc1nc(C(C)C)cs1.I. The number of hydrogen-bond acceptors (Lipinski definition) is 5. The summed E-state index contributed by atoms with van der Waals surface area (Å²) in [5.74, 6) is 1.89. The highest BCUT2D eigenvalue weighted by molar-refractivity contribution is 14.0. The highest BCUT2D eigenvalue weighted by Gasteiger charge is 2.08. The van der Waals surface area contributed by atoms with Crippen LogP contribution in [-0.4, -0.2) is 29.1 Å². The molecular formula is C20H32IN5OS. The van der Waals surface area contributed by atoms with Crippen LogP contribution >= 0.6 is 35.3 Å². The van der Waals surface area contributed by atoms with Gasteiger partial charge in [-0.25, -0.2) is 15.0 Å². The summed E-state index contributed by atoms with van der Waals surface area (Å²) in [7, 11) is 0. The first-order valence-electron chi connectivity index (χ1n) is 9.67. The third kappa shape index (κ3) is 8.30. The Morgan fingerprint density at radius 3 is 2.79 bits per heavy atom. The summed E-state index contributed by atoms with van der Waals surface area (Å²) >= 11 is 1.68. The summed E-state index contributed by atoms with van der Waals surface area (Å²) < 4.78 is 5.79. The van der Waals surface area contributed by atoms with Gasteiger partial charge in [-0.3, -0.25) is 0 Å². The zero-order chi connectivity index (χ0) is 19.5. The highest BCUT2D eigenvalue weighted by atomic mass is 127. The fourth-order valence-corrected chi connectivity index (χ4v) is 3.22. The van der Waals surface area contributed by atoms with E-state index in [1.165, 1.54) is 0 Å². The van der Waals surface area contributed by atoms with Crippen molar-refractivity contribution in [2.24, 2.45) is 4.99 Å². The van der Waals surface area contributed by atoms with Crippen LogP contribution in [0.2, 0.25) is 0 Å². The number of pyridine rings is 1. The van der Waals surface area contributed by atoms with E-state index in [0.717, 1.165) is 41.6 Å². The Labute approximate surface area is 189 Å². The molecule has 28 heavy (non-hydrogen) atoms. The van der Waals surface area contributed by atoms with Gasteiger partial charge >= 0.3 is 0 Å². The van der Waals surface area contributed by atoms with Crippen molar-refractivity contribution in [2.75, 3.05) is 13.2 Å². The fourth-order valence-electron chi connectivity index (χ4n) is 2.32. The first kappa shape index (κ1) is 24.6. The summed E-state index contributed by atoms with van der Waals surface area (Å²) in [5.41, 5.74) is 2.13. The molecule has 0 aliphatic carbocycles. The van der Waals surface area contributed by atoms with Crippen molar-refractivity contribution in [3.63, 3.8) is 0 Å². The van der Waals surface area contributed by atoms with E-state index in [9.17, 15) is 0 Å². The molecule has 0 spiro atoms. The molecule has 0 radical (unpaired) electrons. The van der Waals surface area contributed by atoms with Crippen molar-refractivity contribution in [1.29, 1.82) is 0 Å². The molecule has 0 amide bonds. The number of nitrogens with zero attached hydrogens (tertiary/aromatic N) is 3. The number of aromatic nitrogens is 2. The number of unbranched alkanes of at least 4 members (excludes halogenated alkanes) is 1. The first-order chi connectivity index (χ1) is 13.1. The molecule has 2 N–H and O–H groups in total. The maximum Gasteiger partial charge on any atom is 0.218 e. The number of hydrogen-bond donors (Lipinski definition) is 2. The molecule has 0 aliphatic rings. The van der Waals surface area contributed by atoms with E-state index in [0.29, 0.717) is 31.5 Å². The molecule has 0 atom stereocenters. The van der Waals surface area contributed by atoms with Gasteiger partial charge < -0.3 is 15.4 Å². The Morgan fingerprint density at radius 1 is 1.29 bits per heavy atom. The topological polar surface area (TPSA) is 71.4 Å². The minimum atomic E-state index is 0. The van der Waals surface area contributed by atoms with E-state index in [-0.39, 0.29) is 24.0 Å². The standard InChI is InChI=1S/C20H31N5OS.HI/c1-5-7-11-26-19-16(9-8-10-22-19)12-23-20(21-6-2)24-13-18-25-17(14-27-18)15(3)4;/h8-10,14-15H,5-7,11-13H2,1-4H3,(H2,21,23,24);1H. The van der Waals surface area contributed by atoms with Gasteiger partial charge in [0.15, 0.2) is 5.96 Å². The van der Waals surface area contributed by atoms with E-state index in [2.05, 4.69) is 58.7 Å². The second-order valence-corrected chi connectivity index (χ2v) is 7.48. The lowest BCUT2D eigenvalue weighted by Crippen LogP contribution is -2.36. The average molecular weight is 517 g/mol. The van der Waals surface area contributed by atoms with E-state index in [1.807, 2.05) is 12.1 Å². The molecule has 0 saturated heterocycles. The minimum Gasteiger partial charge on any atom is -0.477 e. The number of aliphatic imine (C=N–C) groups is 1. The lowest BCUT2D eigenvalue weighted by atomic mass is 10.2. The van der Waals surface area contributed by atoms with E-state index >= 15 is 0 Å². The summed E-state index contributed by atoms with van der Waals surface area (Å²) in [6.45, 7) is 11.2. The van der Waals surface area contributed by atoms with Crippen molar-refractivity contribution < 1.29 is 4.74 Å². The number of guanidine groups is 1. The smallest absolute Gasteiger partial charge is 0.218 e. The predicted molar refractivity (Wildman–Crippen MR) is 128 cm³/mol. The Kier molecular flexibility index (Phi) is 12.1. The number of nitrogens with one attached hydrogen (secondary N) is 2. The molecule has 2 rings (SSSR count). The Bertz CT molecular complexity index is 720. The van der Waals surface area contributed by atoms with Gasteiger partial charge in [0, 0.05) is 23.7 Å². The Morgan fingerprint density at radius 2 is 2.11 bits per heavy atom. The second-order valence-electron chi connectivity index (χ2n) is 6.54. The van der Waals surface area contributed by atoms with E-state index in [1.54, 1.807) is 17.5 Å². The maximum absolute atomic E-state index is 5.79. The van der Waals surface area contributed by atoms with Crippen LogP contribution in [0.4, 0.5) is 0 Å². The third-order valence-electron chi connectivity index (χ3n) is 3.91. The van der Waals surface area contributed by atoms with Gasteiger partial charge in [0.25, 0.3) is 0 Å². The second kappa shape index (κ2) is 13.7. The molecule has 0 bridgehead atoms. The van der Waals surface area contributed by atoms with Crippen molar-refractivity contribution in [1.82, 2.24) is 20.6 Å². The van der Waals surface area contributed by atoms with Crippen LogP contribution in [0.15, 0.2) is 28.7 Å². The van der Waals surface area contributed by atoms with Gasteiger partial charge in [-0.05, 0) is 25.3 Å². The van der Waals surface area contributed by atoms with Crippen LogP contribution in [0.25, 0.3) is 0 Å². The quantitative estimate of drug-likeness (QED) is 0.207. The lowest BCUT2D eigenvalue weighted by molar-refractivity contribution is 0.294. The summed E-state index contributed by atoms with van der Waals surface area (Å²) in [6, 6.07) is 3.93. The molecule has 0 aromatic carbocycles. The molecule has 0 saturated carbocycles. The van der Waals surface area contributed by atoms with Crippen molar-refractivity contribution in [3.8, 4) is 5.88 Å². The third-order valence-corrected chi connectivity index (χ3v) is 4.77. The maximum atomic E-state index is 5.79. The molecule has 2 heterocycles. The number of ether oxygens (including phenoxy) is 1. The van der Waals surface area contributed by atoms with Crippen LogP contribution in [0.5, 0.6) is 5.88 Å². The Balaban J connectivity index is 0.00000392. The van der Waals surface area contributed by atoms with Gasteiger partial charge in [0.2, 0.25) is 5.88 Å². The van der Waals surface area contributed by atoms with Gasteiger partial charge in [0.05, 0.1) is 25.4 Å². The molecule has 6 nitrogen and oxygen atoms in total. The zero-order valence-electron chi connectivity index (χ0n) is 17.2. The summed E-state index contributed by atoms with van der Waals surface area (Å²) in [4.78, 5) is 13.7. The molecule has 8 heteroatoms. The first-order valence-corrected chi connectivity index (χ1v) is 10.5. The average Bonchev–Trinajstić information content (AvgIpc) is 3.14. The van der Waals surface area contributed by atoms with Crippen molar-refractivity contribution >= 4 is 41.3 Å². The molecular weight excluding hydrogens is 485 g/mol. The van der Waals surface area contributed by atoms with E-state index in [4.69, 9.17) is 4.74 Å². The van der Waals surface area contributed by atoms with Crippen LogP contribution in [-0.2, 0) is 13.1 Å². The lowest BCUT2D eigenvalue weighted by Gasteiger charge is -2.11. The number of halogens is 1. The normalized spacial score (nSPS) is 11.2. The van der Waals surface area contributed by atoms with Crippen LogP contribution in [0.1, 0.15) is 62.7 Å². The molecule has 0 aliphatic heterocycles. The number of thiazole rings is 1. The van der Waals surface area contributed by atoms with Crippen LogP contribution in [0, 0.1) is 0 Å². The van der Waals surface area contributed by atoms with Crippen LogP contribution in [0.3, 0.4) is 0 Å². The molecule has 2 aromatic heterocycles. The largest absolute Gasteiger partial charge is 0.477 e. The summed E-state index contributed by atoms with van der Waals surface area (Å²) in [6.07, 6.45) is 3.88. The van der Waals surface area contributed by atoms with Gasteiger partial charge in [-0.1, -0.05) is 33.3 Å². The predicted octanol–water partition coefficient (Wildman–Crippen LogP) is 4.71. The van der Waals surface area contributed by atoms with Crippen molar-refractivity contribution in [3.05, 3.63) is 40.0 Å². The van der Waals surface area contributed by atoms with Crippen LogP contribution < -0.4 is 15.4 Å². The zero-order valence-corrected chi connectivity index (χ0v) is 20.3. The summed E-state index contributed by atoms with van der Waals surface area (Å²) in [5, 5.41) is 9.83. The molecule has 0 unspecified atom stereocenters.